The van der Waals surface area contributed by atoms with Gasteiger partial charge in [0.1, 0.15) is 5.82 Å². The Labute approximate surface area is 198 Å². The molecule has 0 aliphatic carbocycles. The van der Waals surface area contributed by atoms with Gasteiger partial charge in [-0.3, -0.25) is 9.78 Å². The lowest BCUT2D eigenvalue weighted by Crippen LogP contribution is -2.23. The van der Waals surface area contributed by atoms with Crippen molar-refractivity contribution in [3.8, 4) is 11.3 Å². The Bertz CT molecular complexity index is 1450. The number of nitrogens with one attached hydrogen (secondary N) is 2. The van der Waals surface area contributed by atoms with Gasteiger partial charge in [-0.1, -0.05) is 41.9 Å². The summed E-state index contributed by atoms with van der Waals surface area (Å²) in [7, 11) is 0. The Morgan fingerprint density at radius 1 is 1.15 bits per heavy atom. The number of H-pyrrole nitrogens is 1. The number of carbonyl (C=O) groups is 1. The molecule has 33 heavy (non-hydrogen) atoms. The number of hydrogen-bond acceptors (Lipinski definition) is 4. The number of aromatic nitrogens is 3. The van der Waals surface area contributed by atoms with Crippen LogP contribution in [0.4, 0.5) is 4.39 Å². The molecule has 0 radical (unpaired) electrons. The van der Waals surface area contributed by atoms with Crippen molar-refractivity contribution in [2.45, 2.75) is 13.0 Å². The van der Waals surface area contributed by atoms with Crippen LogP contribution in [-0.4, -0.2) is 20.9 Å². The summed E-state index contributed by atoms with van der Waals surface area (Å²) >= 11 is 7.68. The quantitative estimate of drug-likeness (QED) is 0.316. The highest BCUT2D eigenvalue weighted by Gasteiger charge is 2.13. The fraction of sp³-hybridized carbons (Fsp3) is 0.0800. The number of pyridine rings is 1. The molecule has 8 heteroatoms. The summed E-state index contributed by atoms with van der Waals surface area (Å²) in [5, 5.41) is 6.93. The predicted octanol–water partition coefficient (Wildman–Crippen LogP) is 6.00. The van der Waals surface area contributed by atoms with Crippen molar-refractivity contribution in [3.05, 3.63) is 105 Å². The van der Waals surface area contributed by atoms with E-state index in [9.17, 15) is 9.18 Å². The summed E-state index contributed by atoms with van der Waals surface area (Å²) in [4.78, 5) is 24.7. The van der Waals surface area contributed by atoms with Crippen LogP contribution in [0.25, 0.3) is 22.2 Å². The number of halogens is 2. The van der Waals surface area contributed by atoms with E-state index in [-0.39, 0.29) is 12.5 Å². The van der Waals surface area contributed by atoms with E-state index in [1.54, 1.807) is 41.9 Å². The van der Waals surface area contributed by atoms with Crippen LogP contribution in [0, 0.1) is 5.82 Å². The van der Waals surface area contributed by atoms with E-state index in [1.165, 1.54) is 6.07 Å². The van der Waals surface area contributed by atoms with Crippen molar-refractivity contribution in [1.29, 1.82) is 0 Å². The van der Waals surface area contributed by atoms with E-state index in [0.717, 1.165) is 22.0 Å². The molecule has 2 aromatic carbocycles. The summed E-state index contributed by atoms with van der Waals surface area (Å²) in [5.41, 5.74) is 4.16. The van der Waals surface area contributed by atoms with Gasteiger partial charge in [-0.15, -0.1) is 11.3 Å². The number of fused-ring (bicyclic) bond motifs is 1. The Hall–Kier alpha value is -3.55. The normalized spacial score (nSPS) is 11.1. The molecule has 0 aliphatic rings. The number of benzene rings is 2. The van der Waals surface area contributed by atoms with Crippen LogP contribution in [0.15, 0.2) is 72.4 Å². The standard InChI is InChI=1S/C25H18ClFN4OS/c26-20-13-29-22-11-21(27)17(9-19(20)22)12-30-25(32)16-6-7-28-18(8-16)10-24-31-23(14-33-24)15-4-2-1-3-5-15/h1-9,11,13-14,29H,10,12H2,(H,30,32). The average molecular weight is 477 g/mol. The maximum atomic E-state index is 14.4. The molecule has 5 rings (SSSR count). The van der Waals surface area contributed by atoms with Gasteiger partial charge in [0.15, 0.2) is 0 Å². The van der Waals surface area contributed by atoms with Crippen LogP contribution in [-0.2, 0) is 13.0 Å². The molecule has 3 aromatic heterocycles. The Kier molecular flexibility index (Phi) is 5.90. The second-order valence-electron chi connectivity index (χ2n) is 7.51. The van der Waals surface area contributed by atoms with E-state index in [0.29, 0.717) is 33.5 Å². The minimum atomic E-state index is -0.408. The van der Waals surface area contributed by atoms with Crippen molar-refractivity contribution in [1.82, 2.24) is 20.3 Å². The smallest absolute Gasteiger partial charge is 0.251 e. The minimum Gasteiger partial charge on any atom is -0.360 e. The van der Waals surface area contributed by atoms with E-state index >= 15 is 0 Å². The Morgan fingerprint density at radius 2 is 2.00 bits per heavy atom. The lowest BCUT2D eigenvalue weighted by atomic mass is 10.1. The van der Waals surface area contributed by atoms with Gasteiger partial charge < -0.3 is 10.3 Å². The Morgan fingerprint density at radius 3 is 2.85 bits per heavy atom. The molecule has 5 nitrogen and oxygen atoms in total. The molecule has 164 valence electrons. The number of thiazole rings is 1. The van der Waals surface area contributed by atoms with Crippen LogP contribution in [0.2, 0.25) is 5.02 Å². The molecule has 0 atom stereocenters. The minimum absolute atomic E-state index is 0.0483. The third-order valence-electron chi connectivity index (χ3n) is 5.27. The van der Waals surface area contributed by atoms with Gasteiger partial charge in [-0.25, -0.2) is 9.37 Å². The van der Waals surface area contributed by atoms with Crippen LogP contribution in [0.5, 0.6) is 0 Å². The average Bonchev–Trinajstić information content (AvgIpc) is 3.44. The molecular formula is C25H18ClFN4OS. The summed E-state index contributed by atoms with van der Waals surface area (Å²) in [5.74, 6) is -0.711. The number of hydrogen-bond donors (Lipinski definition) is 2. The zero-order valence-electron chi connectivity index (χ0n) is 17.3. The molecular weight excluding hydrogens is 459 g/mol. The summed E-state index contributed by atoms with van der Waals surface area (Å²) < 4.78 is 14.4. The zero-order chi connectivity index (χ0) is 22.8. The molecule has 2 N–H and O–H groups in total. The molecule has 0 bridgehead atoms. The van der Waals surface area contributed by atoms with Crippen molar-refractivity contribution < 1.29 is 9.18 Å². The first-order valence-electron chi connectivity index (χ1n) is 10.2. The van der Waals surface area contributed by atoms with Crippen molar-refractivity contribution >= 4 is 39.7 Å². The number of amides is 1. The summed E-state index contributed by atoms with van der Waals surface area (Å²) in [6.07, 6.45) is 3.73. The van der Waals surface area contributed by atoms with Gasteiger partial charge in [-0.05, 0) is 24.3 Å². The molecule has 3 heterocycles. The van der Waals surface area contributed by atoms with Crippen molar-refractivity contribution in [2.24, 2.45) is 0 Å². The third kappa shape index (κ3) is 4.65. The second kappa shape index (κ2) is 9.13. The molecule has 0 aliphatic heterocycles. The van der Waals surface area contributed by atoms with Gasteiger partial charge in [0.2, 0.25) is 0 Å². The largest absolute Gasteiger partial charge is 0.360 e. The fourth-order valence-corrected chi connectivity index (χ4v) is 4.60. The van der Waals surface area contributed by atoms with Gasteiger partial charge in [0, 0.05) is 64.0 Å². The topological polar surface area (TPSA) is 70.7 Å². The van der Waals surface area contributed by atoms with Gasteiger partial charge in [-0.2, -0.15) is 0 Å². The van der Waals surface area contributed by atoms with Crippen molar-refractivity contribution in [3.63, 3.8) is 0 Å². The maximum absolute atomic E-state index is 14.4. The number of aromatic amines is 1. The first-order chi connectivity index (χ1) is 16.1. The first-order valence-corrected chi connectivity index (χ1v) is 11.5. The molecule has 1 amide bonds. The number of carbonyl (C=O) groups excluding carboxylic acids is 1. The van der Waals surface area contributed by atoms with Gasteiger partial charge in [0.05, 0.1) is 15.7 Å². The fourth-order valence-electron chi connectivity index (χ4n) is 3.57. The highest BCUT2D eigenvalue weighted by molar-refractivity contribution is 7.10. The number of nitrogens with zero attached hydrogens (tertiary/aromatic N) is 2. The lowest BCUT2D eigenvalue weighted by molar-refractivity contribution is 0.0950. The summed E-state index contributed by atoms with van der Waals surface area (Å²) in [6, 6.07) is 16.4. The van der Waals surface area contributed by atoms with Gasteiger partial charge >= 0.3 is 0 Å². The number of rotatable bonds is 6. The molecule has 0 fully saturated rings. The highest BCUT2D eigenvalue weighted by Crippen LogP contribution is 2.26. The molecule has 0 unspecified atom stereocenters. The molecule has 0 saturated heterocycles. The van der Waals surface area contributed by atoms with Crippen LogP contribution in [0.3, 0.4) is 0 Å². The van der Waals surface area contributed by atoms with E-state index in [4.69, 9.17) is 11.6 Å². The van der Waals surface area contributed by atoms with E-state index in [2.05, 4.69) is 20.3 Å². The maximum Gasteiger partial charge on any atom is 0.251 e. The van der Waals surface area contributed by atoms with E-state index < -0.39 is 5.82 Å². The SMILES string of the molecule is O=C(NCc1cc2c(Cl)c[nH]c2cc1F)c1ccnc(Cc2nc(-c3ccccc3)cs2)c1. The van der Waals surface area contributed by atoms with Crippen LogP contribution >= 0.6 is 22.9 Å². The predicted molar refractivity (Wildman–Crippen MR) is 129 cm³/mol. The van der Waals surface area contributed by atoms with Crippen molar-refractivity contribution in [2.75, 3.05) is 0 Å². The molecule has 0 saturated carbocycles. The monoisotopic (exact) mass is 476 g/mol. The van der Waals surface area contributed by atoms with Gasteiger partial charge in [0.25, 0.3) is 5.91 Å². The Balaban J connectivity index is 1.27. The molecule has 0 spiro atoms. The third-order valence-corrected chi connectivity index (χ3v) is 6.43. The zero-order valence-corrected chi connectivity index (χ0v) is 18.9. The van der Waals surface area contributed by atoms with Crippen LogP contribution in [0.1, 0.15) is 26.6 Å². The summed E-state index contributed by atoms with van der Waals surface area (Å²) in [6.45, 7) is 0.0483. The first kappa shape index (κ1) is 21.3. The van der Waals surface area contributed by atoms with E-state index in [1.807, 2.05) is 35.7 Å². The lowest BCUT2D eigenvalue weighted by Gasteiger charge is -2.08. The second-order valence-corrected chi connectivity index (χ2v) is 8.86. The molecule has 5 aromatic rings. The highest BCUT2D eigenvalue weighted by atomic mass is 35.5. The van der Waals surface area contributed by atoms with Crippen LogP contribution < -0.4 is 5.32 Å².